The minimum absolute atomic E-state index is 0.229. The zero-order chi connectivity index (χ0) is 54.5. The van der Waals surface area contributed by atoms with Crippen LogP contribution in [-0.2, 0) is 0 Å². The van der Waals surface area contributed by atoms with Gasteiger partial charge in [-0.3, -0.25) is 0 Å². The highest BCUT2D eigenvalue weighted by atomic mass is 16.5. The van der Waals surface area contributed by atoms with Gasteiger partial charge in [-0.05, 0) is 136 Å². The molecule has 0 N–H and O–H groups in total. The van der Waals surface area contributed by atoms with E-state index < -0.39 is 0 Å². The molecule has 0 radical (unpaired) electrons. The fourth-order valence-corrected chi connectivity index (χ4v) is 12.9. The van der Waals surface area contributed by atoms with Crippen LogP contribution >= 0.6 is 0 Å². The molecule has 12 aromatic carbocycles. The first-order valence-corrected chi connectivity index (χ1v) is 27.9. The van der Waals surface area contributed by atoms with Crippen LogP contribution in [0.1, 0.15) is 0 Å². The number of para-hydroxylation sites is 12. The van der Waals surface area contributed by atoms with Crippen molar-refractivity contribution in [3.8, 4) is 69.0 Å². The number of anilines is 9. The molecule has 0 atom stereocenters. The van der Waals surface area contributed by atoms with E-state index in [1.54, 1.807) is 0 Å². The smallest absolute Gasteiger partial charge is 0.256 e. The molecule has 9 nitrogen and oxygen atoms in total. The van der Waals surface area contributed by atoms with Crippen LogP contribution in [-0.4, -0.2) is 13.4 Å². The topological polar surface area (TPSA) is 65.1 Å². The quantitative estimate of drug-likeness (QED) is 0.125. The molecule has 17 rings (SSSR count). The van der Waals surface area contributed by atoms with E-state index in [-0.39, 0.29) is 13.4 Å². The summed E-state index contributed by atoms with van der Waals surface area (Å²) in [5.74, 6) is 8.08. The molecule has 5 aliphatic rings. The Morgan fingerprint density at radius 2 is 0.675 bits per heavy atom. The number of nitrogens with zero attached hydrogens (tertiary/aromatic N) is 3. The second-order valence-electron chi connectivity index (χ2n) is 21.1. The number of ether oxygens (including phenoxy) is 6. The molecule has 5 aliphatic heterocycles. The molecule has 0 spiro atoms. The first-order chi connectivity index (χ1) is 41.1. The van der Waals surface area contributed by atoms with Crippen LogP contribution in [0.4, 0.5) is 51.2 Å². The lowest BCUT2D eigenvalue weighted by Crippen LogP contribution is -2.64. The normalized spacial score (nSPS) is 13.1. The fraction of sp³-hybridized carbons (Fsp3) is 0. The standard InChI is InChI=1S/C72H45B2N3O6/c1-5-22-46(23-6-1)75-58-45-57-54(73-52-30-13-15-33-62(52)82-69-43-51(42-61(71(69)73)76(57)47-24-7-2-8-25-47)81-67-38-20-18-36-65(67)79-49-28-11-4-12-29-49)44-55(58)74-53-31-21-39-68-72(53)77(56-32-14-16-34-63(56)83-68)60-41-50(40-59(75)70(60)74)80-66-37-19-17-35-64(66)78-48-26-9-3-10-27-48/h1-45H. The summed E-state index contributed by atoms with van der Waals surface area (Å²) in [6.45, 7) is -0.480. The summed E-state index contributed by atoms with van der Waals surface area (Å²) in [6.07, 6.45) is 0. The van der Waals surface area contributed by atoms with E-state index in [1.165, 1.54) is 0 Å². The molecule has 11 heteroatoms. The van der Waals surface area contributed by atoms with Crippen LogP contribution in [0.2, 0.25) is 0 Å². The van der Waals surface area contributed by atoms with E-state index in [0.717, 1.165) is 107 Å². The van der Waals surface area contributed by atoms with Gasteiger partial charge in [0.05, 0.1) is 11.4 Å². The average molecular weight is 1070 g/mol. The summed E-state index contributed by atoms with van der Waals surface area (Å²) in [5.41, 5.74) is 15.6. The van der Waals surface area contributed by atoms with Gasteiger partial charge >= 0.3 is 0 Å². The Balaban J connectivity index is 0.912. The van der Waals surface area contributed by atoms with Gasteiger partial charge in [0.15, 0.2) is 34.5 Å². The zero-order valence-electron chi connectivity index (χ0n) is 44.4. The summed E-state index contributed by atoms with van der Waals surface area (Å²) in [5, 5.41) is 0. The average Bonchev–Trinajstić information content (AvgIpc) is 3.63. The lowest BCUT2D eigenvalue weighted by molar-refractivity contribution is 0.416. The Morgan fingerprint density at radius 1 is 0.253 bits per heavy atom. The first kappa shape index (κ1) is 46.8. The van der Waals surface area contributed by atoms with E-state index in [0.29, 0.717) is 46.0 Å². The number of hydrogen-bond donors (Lipinski definition) is 0. The van der Waals surface area contributed by atoms with Crippen molar-refractivity contribution < 1.29 is 28.4 Å². The van der Waals surface area contributed by atoms with Gasteiger partial charge in [-0.15, -0.1) is 0 Å². The predicted molar refractivity (Wildman–Crippen MR) is 332 cm³/mol. The fourth-order valence-electron chi connectivity index (χ4n) is 12.9. The monoisotopic (exact) mass is 1070 g/mol. The van der Waals surface area contributed by atoms with E-state index in [1.807, 2.05) is 133 Å². The first-order valence-electron chi connectivity index (χ1n) is 27.9. The molecule has 0 aromatic heterocycles. The van der Waals surface area contributed by atoms with Crippen molar-refractivity contribution in [3.63, 3.8) is 0 Å². The largest absolute Gasteiger partial charge is 0.458 e. The van der Waals surface area contributed by atoms with Gasteiger partial charge in [0.1, 0.15) is 34.5 Å². The van der Waals surface area contributed by atoms with Gasteiger partial charge in [-0.1, -0.05) is 146 Å². The Bertz CT molecular complexity index is 4570. The second-order valence-corrected chi connectivity index (χ2v) is 21.1. The zero-order valence-corrected chi connectivity index (χ0v) is 44.4. The number of benzene rings is 12. The minimum Gasteiger partial charge on any atom is -0.458 e. The highest BCUT2D eigenvalue weighted by Gasteiger charge is 2.49. The van der Waals surface area contributed by atoms with Crippen molar-refractivity contribution in [2.45, 2.75) is 0 Å². The summed E-state index contributed by atoms with van der Waals surface area (Å²) >= 11 is 0. The van der Waals surface area contributed by atoms with Crippen LogP contribution in [0.3, 0.4) is 0 Å². The van der Waals surface area contributed by atoms with Crippen LogP contribution in [0.25, 0.3) is 0 Å². The van der Waals surface area contributed by atoms with Gasteiger partial charge in [-0.2, -0.15) is 0 Å². The third kappa shape index (κ3) is 7.58. The maximum absolute atomic E-state index is 7.16. The molecule has 0 aliphatic carbocycles. The van der Waals surface area contributed by atoms with Crippen molar-refractivity contribution in [1.29, 1.82) is 0 Å². The molecule has 0 saturated carbocycles. The third-order valence-electron chi connectivity index (χ3n) is 16.2. The van der Waals surface area contributed by atoms with Crippen molar-refractivity contribution in [1.82, 2.24) is 0 Å². The highest BCUT2D eigenvalue weighted by molar-refractivity contribution is 7.02. The van der Waals surface area contributed by atoms with Crippen LogP contribution < -0.4 is 75.9 Å². The molecule has 390 valence electrons. The Hall–Kier alpha value is -11.0. The molecular weight excluding hydrogens is 1020 g/mol. The molecule has 0 unspecified atom stereocenters. The molecule has 5 heterocycles. The van der Waals surface area contributed by atoms with Gasteiger partial charge in [-0.25, -0.2) is 0 Å². The van der Waals surface area contributed by atoms with Gasteiger partial charge in [0.25, 0.3) is 13.4 Å². The summed E-state index contributed by atoms with van der Waals surface area (Å²) in [6, 6.07) is 93.3. The number of hydrogen-bond acceptors (Lipinski definition) is 9. The molecule has 0 amide bonds. The lowest BCUT2D eigenvalue weighted by atomic mass is 9.30. The summed E-state index contributed by atoms with van der Waals surface area (Å²) in [7, 11) is 0. The van der Waals surface area contributed by atoms with Crippen LogP contribution in [0, 0.1) is 0 Å². The maximum atomic E-state index is 7.16. The van der Waals surface area contributed by atoms with Gasteiger partial charge in [0.2, 0.25) is 0 Å². The van der Waals surface area contributed by atoms with Crippen molar-refractivity contribution in [2.75, 3.05) is 14.7 Å². The predicted octanol–water partition coefficient (Wildman–Crippen LogP) is 15.4. The Labute approximate surface area is 480 Å². The van der Waals surface area contributed by atoms with E-state index in [9.17, 15) is 0 Å². The van der Waals surface area contributed by atoms with Crippen LogP contribution in [0.5, 0.6) is 69.0 Å². The van der Waals surface area contributed by atoms with E-state index in [2.05, 4.69) is 154 Å². The third-order valence-corrected chi connectivity index (χ3v) is 16.2. The summed E-state index contributed by atoms with van der Waals surface area (Å²) < 4.78 is 41.0. The van der Waals surface area contributed by atoms with Gasteiger partial charge in [0, 0.05) is 64.1 Å². The molecule has 0 bridgehead atoms. The SMILES string of the molecule is c1ccc(Oc2ccccc2Oc2cc3c4c(c2)N(c2ccccc2)c2cc5c(cc2B4c2ccccc2O3)B2c3cccc4c3N(c3ccccc3O4)c3cc(Oc4ccccc4Oc4ccccc4)cc(c32)N5c2ccccc2)cc1. The van der Waals surface area contributed by atoms with Crippen molar-refractivity contribution in [2.24, 2.45) is 0 Å². The van der Waals surface area contributed by atoms with E-state index >= 15 is 0 Å². The highest BCUT2D eigenvalue weighted by Crippen LogP contribution is 2.55. The van der Waals surface area contributed by atoms with Gasteiger partial charge < -0.3 is 43.1 Å². The number of rotatable bonds is 10. The lowest BCUT2D eigenvalue weighted by Gasteiger charge is -2.47. The Kier molecular flexibility index (Phi) is 10.6. The second kappa shape index (κ2) is 18.8. The minimum atomic E-state index is -0.252. The Morgan fingerprint density at radius 3 is 1.27 bits per heavy atom. The number of fused-ring (bicyclic) bond motifs is 10. The molecule has 0 fully saturated rings. The molecule has 83 heavy (non-hydrogen) atoms. The molecular formula is C72H45B2N3O6. The maximum Gasteiger partial charge on any atom is 0.256 e. The molecule has 0 saturated heterocycles. The van der Waals surface area contributed by atoms with Crippen LogP contribution in [0.15, 0.2) is 273 Å². The van der Waals surface area contributed by atoms with Crippen molar-refractivity contribution in [3.05, 3.63) is 273 Å². The summed E-state index contributed by atoms with van der Waals surface area (Å²) in [4.78, 5) is 7.19. The molecule has 12 aromatic rings. The van der Waals surface area contributed by atoms with E-state index in [4.69, 9.17) is 28.4 Å². The van der Waals surface area contributed by atoms with Crippen molar-refractivity contribution >= 4 is 97.4 Å².